The molecule has 22 heavy (non-hydrogen) atoms. The summed E-state index contributed by atoms with van der Waals surface area (Å²) < 4.78 is 0. The molecule has 1 amide bonds. The van der Waals surface area contributed by atoms with Crippen LogP contribution in [0.25, 0.3) is 0 Å². The second-order valence-corrected chi connectivity index (χ2v) is 5.68. The quantitative estimate of drug-likeness (QED) is 0.945. The van der Waals surface area contributed by atoms with Gasteiger partial charge < -0.3 is 10.2 Å². The average molecular weight is 296 g/mol. The first-order valence-corrected chi connectivity index (χ1v) is 7.60. The maximum atomic E-state index is 12.4. The molecular weight excluding hydrogens is 276 g/mol. The molecule has 0 spiro atoms. The van der Waals surface area contributed by atoms with Crippen LogP contribution in [0, 0.1) is 13.8 Å². The summed E-state index contributed by atoms with van der Waals surface area (Å²) in [6, 6.07) is 9.45. The number of hydrogen-bond donors (Lipinski definition) is 1. The number of amides is 1. The maximum absolute atomic E-state index is 12.4. The summed E-state index contributed by atoms with van der Waals surface area (Å²) >= 11 is 0. The normalized spacial score (nSPS) is 14.2. The van der Waals surface area contributed by atoms with Crippen molar-refractivity contribution in [3.8, 4) is 0 Å². The lowest BCUT2D eigenvalue weighted by molar-refractivity contribution is 0.0793. The summed E-state index contributed by atoms with van der Waals surface area (Å²) in [5, 5.41) is 3.18. The molecule has 0 aliphatic carbocycles. The Morgan fingerprint density at radius 2 is 1.77 bits per heavy atom. The van der Waals surface area contributed by atoms with E-state index in [4.69, 9.17) is 0 Å². The Kier molecular flexibility index (Phi) is 4.04. The summed E-state index contributed by atoms with van der Waals surface area (Å²) in [6.45, 7) is 5.59. The van der Waals surface area contributed by atoms with Crippen molar-refractivity contribution in [2.45, 2.75) is 26.7 Å². The van der Waals surface area contributed by atoms with Crippen LogP contribution in [-0.4, -0.2) is 33.9 Å². The number of nitrogens with one attached hydrogen (secondary N) is 1. The highest BCUT2D eigenvalue weighted by molar-refractivity contribution is 5.95. The highest BCUT2D eigenvalue weighted by Gasteiger charge is 2.19. The fourth-order valence-corrected chi connectivity index (χ4v) is 2.74. The third-order valence-corrected chi connectivity index (χ3v) is 3.74. The Hall–Kier alpha value is -2.43. The Morgan fingerprint density at radius 3 is 2.45 bits per heavy atom. The van der Waals surface area contributed by atoms with Gasteiger partial charge in [-0.15, -0.1) is 0 Å². The molecule has 3 rings (SSSR count). The zero-order valence-electron chi connectivity index (χ0n) is 13.0. The largest absolute Gasteiger partial charge is 0.339 e. The van der Waals surface area contributed by atoms with E-state index in [0.717, 1.165) is 43.0 Å². The van der Waals surface area contributed by atoms with Gasteiger partial charge in [0.1, 0.15) is 0 Å². The molecule has 1 aliphatic rings. The number of benzene rings is 1. The van der Waals surface area contributed by atoms with Crippen LogP contribution in [0.1, 0.15) is 34.6 Å². The number of nitrogens with zero attached hydrogens (tertiary/aromatic N) is 3. The lowest BCUT2D eigenvalue weighted by atomic mass is 10.2. The fraction of sp³-hybridized carbons (Fsp3) is 0.353. The molecule has 0 saturated carbocycles. The minimum atomic E-state index is 0.0995. The van der Waals surface area contributed by atoms with Gasteiger partial charge in [-0.3, -0.25) is 4.79 Å². The summed E-state index contributed by atoms with van der Waals surface area (Å²) in [6.07, 6.45) is 2.19. The van der Waals surface area contributed by atoms with Crippen LogP contribution in [0.5, 0.6) is 0 Å². The SMILES string of the molecule is Cc1cc(C)nc(Nc2cccc(C(=O)N3CCCC3)c2)n1. The van der Waals surface area contributed by atoms with Crippen LogP contribution < -0.4 is 5.32 Å². The molecule has 0 unspecified atom stereocenters. The van der Waals surface area contributed by atoms with Crippen LogP contribution in [0.4, 0.5) is 11.6 Å². The maximum Gasteiger partial charge on any atom is 0.253 e. The number of carbonyl (C=O) groups excluding carboxylic acids is 1. The lowest BCUT2D eigenvalue weighted by Gasteiger charge is -2.15. The van der Waals surface area contributed by atoms with Gasteiger partial charge >= 0.3 is 0 Å². The van der Waals surface area contributed by atoms with Crippen LogP contribution in [0.2, 0.25) is 0 Å². The number of rotatable bonds is 3. The van der Waals surface area contributed by atoms with Gasteiger partial charge in [-0.2, -0.15) is 0 Å². The fourth-order valence-electron chi connectivity index (χ4n) is 2.74. The average Bonchev–Trinajstić information content (AvgIpc) is 3.00. The molecule has 2 heterocycles. The number of anilines is 2. The first-order valence-electron chi connectivity index (χ1n) is 7.60. The summed E-state index contributed by atoms with van der Waals surface area (Å²) in [4.78, 5) is 23.1. The van der Waals surface area contributed by atoms with E-state index in [1.54, 1.807) is 0 Å². The Balaban J connectivity index is 1.80. The van der Waals surface area contributed by atoms with Crippen LogP contribution in [0.15, 0.2) is 30.3 Å². The highest BCUT2D eigenvalue weighted by Crippen LogP contribution is 2.18. The Morgan fingerprint density at radius 1 is 1.09 bits per heavy atom. The van der Waals surface area contributed by atoms with E-state index < -0.39 is 0 Å². The molecule has 1 aromatic carbocycles. The van der Waals surface area contributed by atoms with Crippen LogP contribution in [-0.2, 0) is 0 Å². The molecule has 1 saturated heterocycles. The molecule has 0 radical (unpaired) electrons. The molecule has 5 heteroatoms. The topological polar surface area (TPSA) is 58.1 Å². The van der Waals surface area contributed by atoms with Crippen molar-refractivity contribution in [3.63, 3.8) is 0 Å². The van der Waals surface area contributed by atoms with Crippen molar-refractivity contribution in [2.75, 3.05) is 18.4 Å². The van der Waals surface area contributed by atoms with Crippen molar-refractivity contribution in [2.24, 2.45) is 0 Å². The summed E-state index contributed by atoms with van der Waals surface area (Å²) in [5.41, 5.74) is 3.37. The Bertz CT molecular complexity index is 673. The minimum Gasteiger partial charge on any atom is -0.339 e. The van der Waals surface area contributed by atoms with E-state index in [9.17, 15) is 4.79 Å². The highest BCUT2D eigenvalue weighted by atomic mass is 16.2. The number of hydrogen-bond acceptors (Lipinski definition) is 4. The van der Waals surface area contributed by atoms with E-state index in [2.05, 4.69) is 15.3 Å². The Labute approximate surface area is 130 Å². The molecule has 114 valence electrons. The van der Waals surface area contributed by atoms with Crippen molar-refractivity contribution < 1.29 is 4.79 Å². The first-order chi connectivity index (χ1) is 10.6. The predicted octanol–water partition coefficient (Wildman–Crippen LogP) is 3.07. The standard InChI is InChI=1S/C17H20N4O/c1-12-10-13(2)19-17(18-12)20-15-7-5-6-14(11-15)16(22)21-8-3-4-9-21/h5-7,10-11H,3-4,8-9H2,1-2H3,(H,18,19,20). The molecule has 5 nitrogen and oxygen atoms in total. The molecule has 1 N–H and O–H groups in total. The smallest absolute Gasteiger partial charge is 0.253 e. The number of likely N-dealkylation sites (tertiary alicyclic amines) is 1. The third-order valence-electron chi connectivity index (χ3n) is 3.74. The van der Waals surface area contributed by atoms with E-state index in [1.165, 1.54) is 0 Å². The molecule has 0 atom stereocenters. The van der Waals surface area contributed by atoms with Crippen LogP contribution >= 0.6 is 0 Å². The summed E-state index contributed by atoms with van der Waals surface area (Å²) in [7, 11) is 0. The van der Waals surface area contributed by atoms with E-state index in [1.807, 2.05) is 49.1 Å². The molecule has 1 aliphatic heterocycles. The van der Waals surface area contributed by atoms with Gasteiger partial charge in [0, 0.05) is 35.7 Å². The molecular formula is C17H20N4O. The van der Waals surface area contributed by atoms with Gasteiger partial charge in [0.05, 0.1) is 0 Å². The van der Waals surface area contributed by atoms with Gasteiger partial charge in [-0.25, -0.2) is 9.97 Å². The monoisotopic (exact) mass is 296 g/mol. The number of carbonyl (C=O) groups is 1. The van der Waals surface area contributed by atoms with Crippen LogP contribution in [0.3, 0.4) is 0 Å². The number of aryl methyl sites for hydroxylation is 2. The van der Waals surface area contributed by atoms with E-state index in [0.29, 0.717) is 11.5 Å². The lowest BCUT2D eigenvalue weighted by Crippen LogP contribution is -2.27. The minimum absolute atomic E-state index is 0.0995. The summed E-state index contributed by atoms with van der Waals surface area (Å²) in [5.74, 6) is 0.658. The van der Waals surface area contributed by atoms with E-state index >= 15 is 0 Å². The zero-order chi connectivity index (χ0) is 15.5. The third kappa shape index (κ3) is 3.24. The van der Waals surface area contributed by atoms with Crippen molar-refractivity contribution in [1.82, 2.24) is 14.9 Å². The first kappa shape index (κ1) is 14.5. The van der Waals surface area contributed by atoms with E-state index in [-0.39, 0.29) is 5.91 Å². The zero-order valence-corrected chi connectivity index (χ0v) is 13.0. The molecule has 1 fully saturated rings. The predicted molar refractivity (Wildman–Crippen MR) is 86.4 cm³/mol. The second kappa shape index (κ2) is 6.13. The van der Waals surface area contributed by atoms with Crippen molar-refractivity contribution >= 4 is 17.5 Å². The van der Waals surface area contributed by atoms with Gasteiger partial charge in [0.2, 0.25) is 5.95 Å². The van der Waals surface area contributed by atoms with Gasteiger partial charge in [-0.1, -0.05) is 6.07 Å². The second-order valence-electron chi connectivity index (χ2n) is 5.68. The van der Waals surface area contributed by atoms with Crippen molar-refractivity contribution in [3.05, 3.63) is 47.3 Å². The van der Waals surface area contributed by atoms with Gasteiger partial charge in [0.15, 0.2) is 0 Å². The molecule has 0 bridgehead atoms. The van der Waals surface area contributed by atoms with Gasteiger partial charge in [0.25, 0.3) is 5.91 Å². The molecule has 1 aromatic heterocycles. The van der Waals surface area contributed by atoms with Gasteiger partial charge in [-0.05, 0) is 51.0 Å². The number of aromatic nitrogens is 2. The molecule has 2 aromatic rings. The van der Waals surface area contributed by atoms with Crippen molar-refractivity contribution in [1.29, 1.82) is 0 Å².